The van der Waals surface area contributed by atoms with Crippen LogP contribution in [0.15, 0.2) is 30.9 Å². The van der Waals surface area contributed by atoms with Crippen LogP contribution in [0, 0.1) is 17.8 Å². The number of fused-ring (bicyclic) bond motifs is 4. The number of carbonyl (C=O) groups is 2. The van der Waals surface area contributed by atoms with E-state index in [2.05, 4.69) is 15.0 Å². The number of rotatable bonds is 4. The summed E-state index contributed by atoms with van der Waals surface area (Å²) in [6, 6.07) is 1.42. The van der Waals surface area contributed by atoms with E-state index in [0.29, 0.717) is 45.4 Å². The van der Waals surface area contributed by atoms with E-state index >= 15 is 0 Å². The number of aromatic amines is 1. The van der Waals surface area contributed by atoms with Crippen LogP contribution in [-0.4, -0.2) is 46.7 Å². The third kappa shape index (κ3) is 3.26. The Morgan fingerprint density at radius 1 is 1.12 bits per heavy atom. The van der Waals surface area contributed by atoms with E-state index in [1.165, 1.54) is 6.20 Å². The van der Waals surface area contributed by atoms with E-state index < -0.39 is 17.9 Å². The number of halogens is 1. The van der Waals surface area contributed by atoms with Crippen LogP contribution < -0.4 is 0 Å². The lowest BCUT2D eigenvalue weighted by Crippen LogP contribution is -2.40. The van der Waals surface area contributed by atoms with E-state index in [-0.39, 0.29) is 17.5 Å². The molecule has 4 aromatic heterocycles. The Balaban J connectivity index is 1.56. The molecule has 0 saturated heterocycles. The first-order chi connectivity index (χ1) is 16.4. The molecule has 34 heavy (non-hydrogen) atoms. The largest absolute Gasteiger partial charge is 0.481 e. The monoisotopic (exact) mass is 479 g/mol. The molecule has 2 unspecified atom stereocenters. The highest BCUT2D eigenvalue weighted by atomic mass is 35.5. The highest BCUT2D eigenvalue weighted by Gasteiger charge is 2.45. The standard InChI is InChI=1S/C24H22ClN5O4/c25-13-6-14-16(8-27-20(14)26-7-13)21-28-9-17-18(24(33)34)10-30(22(17)29-21)19-12-3-1-2-11(4-12)5-15(19)23(31)32/h6-12,15,19H,1-5H2,(H,26,27)(H,31,32)(H,33,34)/t11?,12?,15-,19-/m0/s1. The predicted octanol–water partition coefficient (Wildman–Crippen LogP) is 4.78. The normalized spacial score (nSPS) is 24.5. The molecule has 3 N–H and O–H groups in total. The van der Waals surface area contributed by atoms with Crippen molar-refractivity contribution in [2.75, 3.05) is 0 Å². The summed E-state index contributed by atoms with van der Waals surface area (Å²) in [7, 11) is 0. The van der Waals surface area contributed by atoms with Crippen LogP contribution in [-0.2, 0) is 4.79 Å². The number of pyridine rings is 1. The minimum Gasteiger partial charge on any atom is -0.481 e. The van der Waals surface area contributed by atoms with Gasteiger partial charge < -0.3 is 19.8 Å². The highest BCUT2D eigenvalue weighted by molar-refractivity contribution is 6.31. The van der Waals surface area contributed by atoms with Gasteiger partial charge in [-0.3, -0.25) is 4.79 Å². The second kappa shape index (κ2) is 7.80. The summed E-state index contributed by atoms with van der Waals surface area (Å²) in [5, 5.41) is 21.6. The van der Waals surface area contributed by atoms with Gasteiger partial charge in [0, 0.05) is 35.7 Å². The summed E-state index contributed by atoms with van der Waals surface area (Å²) >= 11 is 6.15. The lowest BCUT2D eigenvalue weighted by molar-refractivity contribution is -0.147. The van der Waals surface area contributed by atoms with Crippen LogP contribution in [0.25, 0.3) is 33.5 Å². The number of aromatic nitrogens is 5. The van der Waals surface area contributed by atoms with Crippen LogP contribution in [0.4, 0.5) is 0 Å². The molecule has 10 heteroatoms. The van der Waals surface area contributed by atoms with Gasteiger partial charge in [-0.25, -0.2) is 19.7 Å². The summed E-state index contributed by atoms with van der Waals surface area (Å²) in [6.45, 7) is 0. The molecule has 4 aromatic rings. The first-order valence-electron chi connectivity index (χ1n) is 11.4. The molecule has 174 valence electrons. The fourth-order valence-electron chi connectivity index (χ4n) is 6.07. The fourth-order valence-corrected chi connectivity index (χ4v) is 6.23. The molecule has 0 aliphatic heterocycles. The molecule has 2 saturated carbocycles. The zero-order valence-corrected chi connectivity index (χ0v) is 18.9. The predicted molar refractivity (Wildman–Crippen MR) is 125 cm³/mol. The van der Waals surface area contributed by atoms with Gasteiger partial charge in [-0.15, -0.1) is 0 Å². The number of aromatic carboxylic acids is 1. The van der Waals surface area contributed by atoms with Crippen molar-refractivity contribution in [1.82, 2.24) is 24.5 Å². The number of H-pyrrole nitrogens is 1. The smallest absolute Gasteiger partial charge is 0.337 e. The number of hydrogen-bond acceptors (Lipinski definition) is 5. The summed E-state index contributed by atoms with van der Waals surface area (Å²) in [6.07, 6.45) is 11.0. The van der Waals surface area contributed by atoms with Crippen LogP contribution in [0.1, 0.15) is 48.5 Å². The number of aliphatic carboxylic acids is 1. The minimum atomic E-state index is -1.09. The van der Waals surface area contributed by atoms with Crippen molar-refractivity contribution in [1.29, 1.82) is 0 Å². The average Bonchev–Trinajstić information content (AvgIpc) is 3.40. The summed E-state index contributed by atoms with van der Waals surface area (Å²) in [5.41, 5.74) is 1.84. The number of carboxylic acid groups (broad SMARTS) is 2. The van der Waals surface area contributed by atoms with Crippen LogP contribution in [0.5, 0.6) is 0 Å². The Labute approximate surface area is 198 Å². The highest BCUT2D eigenvalue weighted by Crippen LogP contribution is 2.49. The van der Waals surface area contributed by atoms with E-state index in [0.717, 1.165) is 31.1 Å². The summed E-state index contributed by atoms with van der Waals surface area (Å²) in [5.74, 6) is -1.55. The minimum absolute atomic E-state index is 0.0762. The molecule has 9 nitrogen and oxygen atoms in total. The van der Waals surface area contributed by atoms with Crippen molar-refractivity contribution < 1.29 is 19.8 Å². The van der Waals surface area contributed by atoms with E-state index in [1.807, 2.05) is 0 Å². The number of carboxylic acids is 2. The van der Waals surface area contributed by atoms with Crippen molar-refractivity contribution in [2.45, 2.75) is 38.1 Å². The molecular formula is C24H22ClN5O4. The third-order valence-corrected chi connectivity index (χ3v) is 7.69. The van der Waals surface area contributed by atoms with Gasteiger partial charge in [-0.2, -0.15) is 0 Å². The topological polar surface area (TPSA) is 134 Å². The van der Waals surface area contributed by atoms with Crippen molar-refractivity contribution in [3.63, 3.8) is 0 Å². The van der Waals surface area contributed by atoms with E-state index in [4.69, 9.17) is 16.6 Å². The summed E-state index contributed by atoms with van der Waals surface area (Å²) in [4.78, 5) is 40.9. The van der Waals surface area contributed by atoms with Gasteiger partial charge in [0.1, 0.15) is 11.3 Å². The molecule has 4 atom stereocenters. The average molecular weight is 480 g/mol. The lowest BCUT2D eigenvalue weighted by atomic mass is 9.65. The molecule has 2 bridgehead atoms. The van der Waals surface area contributed by atoms with Gasteiger partial charge >= 0.3 is 11.9 Å². The fraction of sp³-hybridized carbons (Fsp3) is 0.375. The van der Waals surface area contributed by atoms with Gasteiger partial charge in [0.15, 0.2) is 5.82 Å². The Kier molecular flexibility index (Phi) is 4.84. The Hall–Kier alpha value is -3.46. The summed E-state index contributed by atoms with van der Waals surface area (Å²) < 4.78 is 1.80. The van der Waals surface area contributed by atoms with Gasteiger partial charge in [-0.05, 0) is 37.2 Å². The maximum Gasteiger partial charge on any atom is 0.337 e. The zero-order valence-electron chi connectivity index (χ0n) is 18.1. The van der Waals surface area contributed by atoms with Crippen molar-refractivity contribution in [3.05, 3.63) is 41.4 Å². The van der Waals surface area contributed by atoms with Crippen LogP contribution >= 0.6 is 11.6 Å². The molecule has 4 heterocycles. The Morgan fingerprint density at radius 3 is 2.76 bits per heavy atom. The van der Waals surface area contributed by atoms with Crippen molar-refractivity contribution >= 4 is 45.6 Å². The molecule has 2 fully saturated rings. The first-order valence-corrected chi connectivity index (χ1v) is 11.7. The van der Waals surface area contributed by atoms with Gasteiger partial charge in [0.05, 0.1) is 27.9 Å². The van der Waals surface area contributed by atoms with Crippen LogP contribution in [0.2, 0.25) is 5.02 Å². The maximum absolute atomic E-state index is 12.3. The molecule has 2 aliphatic carbocycles. The SMILES string of the molecule is O=C(O)c1cn([C@H]2C3CCCC(C3)C[C@@H]2C(=O)O)c2nc(-c3c[nH]c4ncc(Cl)cc34)ncc12. The number of hydrogen-bond donors (Lipinski definition) is 3. The molecule has 0 aromatic carbocycles. The Morgan fingerprint density at radius 2 is 1.97 bits per heavy atom. The number of nitrogens with zero attached hydrogens (tertiary/aromatic N) is 4. The maximum atomic E-state index is 12.3. The van der Waals surface area contributed by atoms with E-state index in [9.17, 15) is 19.8 Å². The van der Waals surface area contributed by atoms with Gasteiger partial charge in [-0.1, -0.05) is 24.4 Å². The molecule has 2 aliphatic rings. The van der Waals surface area contributed by atoms with E-state index in [1.54, 1.807) is 29.2 Å². The molecule has 0 amide bonds. The van der Waals surface area contributed by atoms with Gasteiger partial charge in [0.2, 0.25) is 0 Å². The quantitative estimate of drug-likeness (QED) is 0.383. The van der Waals surface area contributed by atoms with Crippen molar-refractivity contribution in [3.8, 4) is 11.4 Å². The lowest BCUT2D eigenvalue weighted by Gasteiger charge is -2.44. The molecule has 0 radical (unpaired) electrons. The van der Waals surface area contributed by atoms with Gasteiger partial charge in [0.25, 0.3) is 0 Å². The second-order valence-corrected chi connectivity index (χ2v) is 9.84. The van der Waals surface area contributed by atoms with Crippen LogP contribution in [0.3, 0.4) is 0 Å². The molecule has 0 spiro atoms. The molecular weight excluding hydrogens is 458 g/mol. The molecule has 6 rings (SSSR count). The Bertz CT molecular complexity index is 1460. The van der Waals surface area contributed by atoms with Crippen molar-refractivity contribution in [2.24, 2.45) is 17.8 Å². The zero-order chi connectivity index (χ0) is 23.6. The second-order valence-electron chi connectivity index (χ2n) is 9.40. The third-order valence-electron chi connectivity index (χ3n) is 7.48. The first kappa shape index (κ1) is 21.1. The number of nitrogens with one attached hydrogen (secondary N) is 1.